The van der Waals surface area contributed by atoms with Gasteiger partial charge in [0, 0.05) is 18.7 Å². The minimum atomic E-state index is -4.51. The van der Waals surface area contributed by atoms with Crippen LogP contribution in [0.15, 0.2) is 24.3 Å². The molecule has 0 saturated carbocycles. The van der Waals surface area contributed by atoms with Crippen molar-refractivity contribution in [2.24, 2.45) is 0 Å². The zero-order valence-corrected chi connectivity index (χ0v) is 14.7. The quantitative estimate of drug-likeness (QED) is 0.828. The number of nitrogens with zero attached hydrogens (tertiary/aromatic N) is 1. The van der Waals surface area contributed by atoms with Crippen LogP contribution in [0.5, 0.6) is 0 Å². The average Bonchev–Trinajstić information content (AvgIpc) is 2.70. The molecule has 1 aromatic carbocycles. The van der Waals surface area contributed by atoms with E-state index in [1.807, 2.05) is 0 Å². The maximum absolute atomic E-state index is 12.7. The zero-order valence-electron chi connectivity index (χ0n) is 14.7. The van der Waals surface area contributed by atoms with Crippen LogP contribution < -0.4 is 5.32 Å². The number of aliphatic hydroxyl groups is 1. The lowest BCUT2D eigenvalue weighted by Crippen LogP contribution is -2.55. The van der Waals surface area contributed by atoms with Crippen molar-refractivity contribution in [1.29, 1.82) is 0 Å². The second-order valence-electron chi connectivity index (χ2n) is 6.50. The molecule has 26 heavy (non-hydrogen) atoms. The smallest absolute Gasteiger partial charge is 0.416 e. The molecule has 2 rings (SSSR count). The van der Waals surface area contributed by atoms with Crippen LogP contribution in [0.1, 0.15) is 39.2 Å². The predicted octanol–water partition coefficient (Wildman–Crippen LogP) is 3.36. The first-order valence-electron chi connectivity index (χ1n) is 8.11. The molecular weight excluding hydrogens is 353 g/mol. The topological polar surface area (TPSA) is 78.9 Å². The van der Waals surface area contributed by atoms with Crippen LogP contribution in [-0.4, -0.2) is 39.9 Å². The van der Waals surface area contributed by atoms with E-state index >= 15 is 0 Å². The lowest BCUT2D eigenvalue weighted by Gasteiger charge is -2.36. The lowest BCUT2D eigenvalue weighted by molar-refractivity contribution is -0.139. The van der Waals surface area contributed by atoms with Gasteiger partial charge >= 0.3 is 12.3 Å². The summed E-state index contributed by atoms with van der Waals surface area (Å²) in [7, 11) is 0. The molecular formula is C17H21F3N2O4. The molecule has 0 spiro atoms. The third-order valence-electron chi connectivity index (χ3n) is 4.77. The molecule has 0 aliphatic carbocycles. The van der Waals surface area contributed by atoms with Gasteiger partial charge in [0.25, 0.3) is 0 Å². The van der Waals surface area contributed by atoms with Crippen LogP contribution in [-0.2, 0) is 15.7 Å². The molecule has 1 aliphatic heterocycles. The highest BCUT2D eigenvalue weighted by atomic mass is 19.4. The van der Waals surface area contributed by atoms with E-state index < -0.39 is 35.1 Å². The number of amides is 2. The minimum Gasteiger partial charge on any atom is -0.438 e. The summed E-state index contributed by atoms with van der Waals surface area (Å²) in [6, 6.07) is 4.25. The monoisotopic (exact) mass is 374 g/mol. The van der Waals surface area contributed by atoms with Crippen LogP contribution in [0.4, 0.5) is 23.7 Å². The Morgan fingerprint density at radius 3 is 2.54 bits per heavy atom. The van der Waals surface area contributed by atoms with Gasteiger partial charge in [-0.1, -0.05) is 13.0 Å². The summed E-state index contributed by atoms with van der Waals surface area (Å²) >= 11 is 0. The summed E-state index contributed by atoms with van der Waals surface area (Å²) in [6.45, 7) is 4.64. The van der Waals surface area contributed by atoms with Crippen molar-refractivity contribution in [3.8, 4) is 0 Å². The lowest BCUT2D eigenvalue weighted by atomic mass is 9.91. The number of hydrogen-bond donors (Lipinski definition) is 2. The largest absolute Gasteiger partial charge is 0.438 e. The van der Waals surface area contributed by atoms with Gasteiger partial charge in [0.15, 0.2) is 11.3 Å². The zero-order chi connectivity index (χ0) is 19.8. The number of benzene rings is 1. The van der Waals surface area contributed by atoms with E-state index in [0.29, 0.717) is 6.42 Å². The normalized spacial score (nSPS) is 26.0. The molecule has 0 aromatic heterocycles. The van der Waals surface area contributed by atoms with Crippen LogP contribution >= 0.6 is 0 Å². The maximum atomic E-state index is 12.7. The highest BCUT2D eigenvalue weighted by Crippen LogP contribution is 2.39. The second-order valence-corrected chi connectivity index (χ2v) is 6.50. The van der Waals surface area contributed by atoms with Gasteiger partial charge in [0.2, 0.25) is 5.91 Å². The van der Waals surface area contributed by atoms with E-state index in [-0.39, 0.29) is 18.7 Å². The molecule has 2 atom stereocenters. The number of ether oxygens (including phenoxy) is 1. The fourth-order valence-corrected chi connectivity index (χ4v) is 2.73. The van der Waals surface area contributed by atoms with Crippen molar-refractivity contribution in [3.05, 3.63) is 29.8 Å². The molecule has 1 fully saturated rings. The SMILES string of the molecule is CC[C@@]1(C)OC(=O)N(CCC(=O)Nc2cccc(C(F)(F)F)c2)[C@@]1(C)O. The summed E-state index contributed by atoms with van der Waals surface area (Å²) in [5, 5.41) is 13.0. The Morgan fingerprint density at radius 2 is 2.00 bits per heavy atom. The fourth-order valence-electron chi connectivity index (χ4n) is 2.73. The summed E-state index contributed by atoms with van der Waals surface area (Å²) in [5.74, 6) is -0.585. The molecule has 0 bridgehead atoms. The maximum Gasteiger partial charge on any atom is 0.416 e. The van der Waals surface area contributed by atoms with Crippen molar-refractivity contribution < 1.29 is 32.6 Å². The number of anilines is 1. The van der Waals surface area contributed by atoms with Gasteiger partial charge in [0.1, 0.15) is 0 Å². The fraction of sp³-hybridized carbons (Fsp3) is 0.529. The Labute approximate surface area is 148 Å². The van der Waals surface area contributed by atoms with E-state index in [1.165, 1.54) is 19.1 Å². The van der Waals surface area contributed by atoms with Crippen LogP contribution in [0.25, 0.3) is 0 Å². The Hall–Kier alpha value is -2.29. The highest BCUT2D eigenvalue weighted by Gasteiger charge is 2.58. The van der Waals surface area contributed by atoms with Crippen LogP contribution in [0.2, 0.25) is 0 Å². The number of hydrogen-bond acceptors (Lipinski definition) is 4. The molecule has 1 heterocycles. The minimum absolute atomic E-state index is 0.000944. The van der Waals surface area contributed by atoms with E-state index in [0.717, 1.165) is 17.0 Å². The van der Waals surface area contributed by atoms with Gasteiger partial charge < -0.3 is 15.2 Å². The summed E-state index contributed by atoms with van der Waals surface area (Å²) in [4.78, 5) is 25.0. The van der Waals surface area contributed by atoms with Crippen LogP contribution in [0.3, 0.4) is 0 Å². The van der Waals surface area contributed by atoms with Gasteiger partial charge in [-0.2, -0.15) is 13.2 Å². The number of cyclic esters (lactones) is 1. The van der Waals surface area contributed by atoms with Gasteiger partial charge in [-0.3, -0.25) is 9.69 Å². The highest BCUT2D eigenvalue weighted by molar-refractivity contribution is 5.91. The van der Waals surface area contributed by atoms with Crippen molar-refractivity contribution in [2.75, 3.05) is 11.9 Å². The van der Waals surface area contributed by atoms with Crippen molar-refractivity contribution in [1.82, 2.24) is 4.90 Å². The molecule has 1 aromatic rings. The number of carbonyl (C=O) groups is 2. The second kappa shape index (κ2) is 6.79. The third-order valence-corrected chi connectivity index (χ3v) is 4.77. The molecule has 6 nitrogen and oxygen atoms in total. The Morgan fingerprint density at radius 1 is 1.35 bits per heavy atom. The first-order valence-corrected chi connectivity index (χ1v) is 8.11. The van der Waals surface area contributed by atoms with E-state index in [9.17, 15) is 27.9 Å². The van der Waals surface area contributed by atoms with E-state index in [1.54, 1.807) is 13.8 Å². The Bertz CT molecular complexity index is 705. The molecule has 1 aliphatic rings. The number of rotatable bonds is 5. The summed E-state index contributed by atoms with van der Waals surface area (Å²) < 4.78 is 43.3. The first kappa shape index (κ1) is 20.0. The van der Waals surface area contributed by atoms with Crippen molar-refractivity contribution in [3.63, 3.8) is 0 Å². The Balaban J connectivity index is 2.01. The molecule has 9 heteroatoms. The van der Waals surface area contributed by atoms with Crippen LogP contribution in [0, 0.1) is 0 Å². The first-order chi connectivity index (χ1) is 11.9. The molecule has 144 valence electrons. The molecule has 2 N–H and O–H groups in total. The van der Waals surface area contributed by atoms with Gasteiger partial charge in [-0.05, 0) is 38.5 Å². The predicted molar refractivity (Wildman–Crippen MR) is 87.2 cm³/mol. The van der Waals surface area contributed by atoms with Crippen molar-refractivity contribution >= 4 is 17.7 Å². The number of nitrogens with one attached hydrogen (secondary N) is 1. The summed E-state index contributed by atoms with van der Waals surface area (Å²) in [6.07, 6.45) is -5.09. The third kappa shape index (κ3) is 3.77. The number of halogens is 3. The molecule has 1 saturated heterocycles. The van der Waals surface area contributed by atoms with Gasteiger partial charge in [-0.15, -0.1) is 0 Å². The van der Waals surface area contributed by atoms with E-state index in [4.69, 9.17) is 4.74 Å². The number of alkyl halides is 3. The van der Waals surface area contributed by atoms with Gasteiger partial charge in [0.05, 0.1) is 5.56 Å². The Kier molecular flexibility index (Phi) is 5.23. The molecule has 0 unspecified atom stereocenters. The molecule has 2 amide bonds. The van der Waals surface area contributed by atoms with Crippen molar-refractivity contribution in [2.45, 2.75) is 51.1 Å². The number of carbonyl (C=O) groups excluding carboxylic acids is 2. The average molecular weight is 374 g/mol. The van der Waals surface area contributed by atoms with E-state index in [2.05, 4.69) is 5.32 Å². The standard InChI is InChI=1S/C17H21F3N2O4/c1-4-15(2)16(3,25)22(14(24)26-15)9-8-13(23)21-12-7-5-6-11(10-12)17(18,19)20/h5-7,10,25H,4,8-9H2,1-3H3,(H,21,23)/t15-,16+/m1/s1. The van der Waals surface area contributed by atoms with Gasteiger partial charge in [-0.25, -0.2) is 4.79 Å². The molecule has 0 radical (unpaired) electrons. The summed E-state index contributed by atoms with van der Waals surface area (Å²) in [5.41, 5.74) is -3.59.